The molecular weight excluding hydrogens is 433 g/mol. The fourth-order valence-corrected chi connectivity index (χ4v) is 5.80. The van der Waals surface area contributed by atoms with Gasteiger partial charge in [0.15, 0.2) is 11.5 Å². The summed E-state index contributed by atoms with van der Waals surface area (Å²) < 4.78 is 39.8. The number of halogens is 1. The summed E-state index contributed by atoms with van der Waals surface area (Å²) in [6.45, 7) is 2.62. The molecule has 2 aromatic rings. The molecule has 0 atom stereocenters. The van der Waals surface area contributed by atoms with Crippen LogP contribution in [0.15, 0.2) is 23.2 Å². The predicted octanol–water partition coefficient (Wildman–Crippen LogP) is 0.703. The molecule has 3 heterocycles. The molecule has 1 fully saturated rings. The van der Waals surface area contributed by atoms with Gasteiger partial charge in [-0.1, -0.05) is 11.6 Å². The fraction of sp³-hybridized carbons (Fsp3) is 0.500. The van der Waals surface area contributed by atoms with Crippen molar-refractivity contribution in [2.45, 2.75) is 41.4 Å². The van der Waals surface area contributed by atoms with E-state index in [4.69, 9.17) is 52.5 Å². The standard InChI is InChI=1S/C18H18B4ClN3O4S/c1-10-7-13-14(30-18(21,22)17(19,20)29-13)8-12(10)11-3-5-26(6-4-11)31(27,28)15-9-24-25(2)16(15)23/h7-9,11H,3-6H2,1-2H3. The van der Waals surface area contributed by atoms with Crippen LogP contribution in [0.4, 0.5) is 0 Å². The van der Waals surface area contributed by atoms with E-state index in [2.05, 4.69) is 5.10 Å². The van der Waals surface area contributed by atoms with Crippen molar-refractivity contribution in [3.63, 3.8) is 0 Å². The van der Waals surface area contributed by atoms with E-state index >= 15 is 0 Å². The second-order valence-electron chi connectivity index (χ2n) is 8.05. The molecule has 0 spiro atoms. The number of nitrogens with zero attached hydrogens (tertiary/aromatic N) is 3. The monoisotopic (exact) mass is 451 g/mol. The summed E-state index contributed by atoms with van der Waals surface area (Å²) in [5.41, 5.74) is 1.94. The number of aromatic nitrogens is 2. The highest BCUT2D eigenvalue weighted by Crippen LogP contribution is 2.43. The molecule has 0 bridgehead atoms. The topological polar surface area (TPSA) is 73.7 Å². The van der Waals surface area contributed by atoms with Gasteiger partial charge in [0, 0.05) is 30.9 Å². The van der Waals surface area contributed by atoms with Crippen LogP contribution in [0.5, 0.6) is 11.5 Å². The van der Waals surface area contributed by atoms with E-state index in [0.29, 0.717) is 37.4 Å². The van der Waals surface area contributed by atoms with Gasteiger partial charge in [-0.3, -0.25) is 4.68 Å². The molecule has 7 nitrogen and oxygen atoms in total. The lowest BCUT2D eigenvalue weighted by Crippen LogP contribution is -2.65. The third kappa shape index (κ3) is 3.80. The van der Waals surface area contributed by atoms with Gasteiger partial charge in [0.1, 0.15) is 41.4 Å². The number of benzene rings is 1. The average Bonchev–Trinajstić information content (AvgIpc) is 3.02. The first-order chi connectivity index (χ1) is 14.3. The highest BCUT2D eigenvalue weighted by Gasteiger charge is 2.43. The van der Waals surface area contributed by atoms with E-state index < -0.39 is 20.8 Å². The quantitative estimate of drug-likeness (QED) is 0.643. The van der Waals surface area contributed by atoms with Crippen LogP contribution in [0.2, 0.25) is 5.15 Å². The molecule has 8 radical (unpaired) electrons. The Kier molecular flexibility index (Phi) is 5.50. The molecule has 1 aromatic carbocycles. The van der Waals surface area contributed by atoms with Crippen LogP contribution < -0.4 is 9.47 Å². The van der Waals surface area contributed by atoms with Crippen LogP contribution in [-0.4, -0.2) is 77.8 Å². The van der Waals surface area contributed by atoms with E-state index in [0.717, 1.165) is 11.1 Å². The molecule has 31 heavy (non-hydrogen) atoms. The lowest BCUT2D eigenvalue weighted by atomic mass is 9.41. The zero-order valence-electron chi connectivity index (χ0n) is 17.2. The summed E-state index contributed by atoms with van der Waals surface area (Å²) in [5, 5.41) is 0.222. The minimum atomic E-state index is -3.72. The van der Waals surface area contributed by atoms with Gasteiger partial charge in [0.25, 0.3) is 0 Å². The molecule has 1 saturated heterocycles. The van der Waals surface area contributed by atoms with Gasteiger partial charge in [0.2, 0.25) is 10.0 Å². The molecule has 13 heteroatoms. The second kappa shape index (κ2) is 7.52. The van der Waals surface area contributed by atoms with Gasteiger partial charge in [0.05, 0.1) is 6.20 Å². The largest absolute Gasteiger partial charge is 0.501 e. The van der Waals surface area contributed by atoms with Crippen molar-refractivity contribution in [2.24, 2.45) is 7.05 Å². The van der Waals surface area contributed by atoms with Gasteiger partial charge < -0.3 is 9.47 Å². The van der Waals surface area contributed by atoms with Crippen molar-refractivity contribution >= 4 is 53.0 Å². The average molecular weight is 451 g/mol. The number of hydrogen-bond acceptors (Lipinski definition) is 5. The van der Waals surface area contributed by atoms with Gasteiger partial charge in [-0.15, -0.1) is 0 Å². The Labute approximate surface area is 192 Å². The van der Waals surface area contributed by atoms with Gasteiger partial charge in [-0.05, 0) is 48.9 Å². The fourth-order valence-electron chi connectivity index (χ4n) is 3.92. The first kappa shape index (κ1) is 22.7. The zero-order chi connectivity index (χ0) is 22.8. The molecule has 2 aliphatic rings. The van der Waals surface area contributed by atoms with Crippen molar-refractivity contribution in [3.05, 3.63) is 34.6 Å². The van der Waals surface area contributed by atoms with Crippen molar-refractivity contribution in [1.29, 1.82) is 0 Å². The van der Waals surface area contributed by atoms with Crippen LogP contribution >= 0.6 is 11.6 Å². The van der Waals surface area contributed by atoms with Crippen LogP contribution in [0.25, 0.3) is 0 Å². The number of aryl methyl sites for hydroxylation is 2. The minimum absolute atomic E-state index is 0.0138. The van der Waals surface area contributed by atoms with Crippen molar-refractivity contribution < 1.29 is 17.9 Å². The van der Waals surface area contributed by atoms with Crippen molar-refractivity contribution in [2.75, 3.05) is 13.1 Å². The Bertz CT molecular complexity index is 1130. The Morgan fingerprint density at radius 1 is 1.10 bits per heavy atom. The Morgan fingerprint density at radius 2 is 1.65 bits per heavy atom. The van der Waals surface area contributed by atoms with Crippen molar-refractivity contribution in [3.8, 4) is 11.5 Å². The first-order valence-corrected chi connectivity index (χ1v) is 11.5. The third-order valence-corrected chi connectivity index (χ3v) is 8.31. The Balaban J connectivity index is 1.54. The molecule has 0 amide bonds. The van der Waals surface area contributed by atoms with Crippen LogP contribution in [0.3, 0.4) is 0 Å². The molecular formula is C18H18B4ClN3O4S. The Hall–Kier alpha value is -1.51. The van der Waals surface area contributed by atoms with Crippen LogP contribution in [-0.2, 0) is 17.1 Å². The van der Waals surface area contributed by atoms with E-state index in [1.807, 2.05) is 6.92 Å². The smallest absolute Gasteiger partial charge is 0.247 e. The Morgan fingerprint density at radius 3 is 2.16 bits per heavy atom. The van der Waals surface area contributed by atoms with Gasteiger partial charge >= 0.3 is 0 Å². The summed E-state index contributed by atoms with van der Waals surface area (Å²) in [4.78, 5) is 0.0138. The molecule has 0 aliphatic carbocycles. The van der Waals surface area contributed by atoms with E-state index in [9.17, 15) is 8.42 Å². The summed E-state index contributed by atoms with van der Waals surface area (Å²) in [7, 11) is 21.2. The SMILES string of the molecule is [B]C1([B])Oc2cc(C)c(C3CCN(S(=O)(=O)c4cnn(C)c4Cl)CC3)cc2OC1([B])[B]. The molecule has 2 aliphatic heterocycles. The first-order valence-electron chi connectivity index (χ1n) is 9.69. The van der Waals surface area contributed by atoms with E-state index in [1.165, 1.54) is 15.2 Å². The van der Waals surface area contributed by atoms with Gasteiger partial charge in [-0.2, -0.15) is 9.40 Å². The van der Waals surface area contributed by atoms with Crippen LogP contribution in [0.1, 0.15) is 29.9 Å². The summed E-state index contributed by atoms with van der Waals surface area (Å²) >= 11 is 6.10. The lowest BCUT2D eigenvalue weighted by molar-refractivity contribution is 0.0615. The number of ether oxygens (including phenoxy) is 2. The summed E-state index contributed by atoms with van der Waals surface area (Å²) in [6, 6.07) is 3.58. The maximum Gasteiger partial charge on any atom is 0.247 e. The summed E-state index contributed by atoms with van der Waals surface area (Å²) in [6.07, 6.45) is 2.51. The predicted molar refractivity (Wildman–Crippen MR) is 120 cm³/mol. The number of fused-ring (bicyclic) bond motifs is 1. The molecule has 0 saturated carbocycles. The number of piperidine rings is 1. The maximum absolute atomic E-state index is 13.0. The van der Waals surface area contributed by atoms with Gasteiger partial charge in [-0.25, -0.2) is 8.42 Å². The normalized spacial score (nSPS) is 21.1. The highest BCUT2D eigenvalue weighted by atomic mass is 35.5. The lowest BCUT2D eigenvalue weighted by Gasteiger charge is -2.49. The van der Waals surface area contributed by atoms with Crippen molar-refractivity contribution in [1.82, 2.24) is 14.1 Å². The van der Waals surface area contributed by atoms with E-state index in [1.54, 1.807) is 19.2 Å². The summed E-state index contributed by atoms with van der Waals surface area (Å²) in [5.74, 6) is 0.801. The molecule has 154 valence electrons. The number of sulfonamides is 1. The molecule has 0 unspecified atom stereocenters. The number of rotatable bonds is 3. The molecule has 1 aromatic heterocycles. The maximum atomic E-state index is 13.0. The number of hydrogen-bond donors (Lipinski definition) is 0. The molecule has 0 N–H and O–H groups in total. The minimum Gasteiger partial charge on any atom is -0.501 e. The van der Waals surface area contributed by atoms with E-state index in [-0.39, 0.29) is 16.0 Å². The zero-order valence-corrected chi connectivity index (χ0v) is 18.8. The molecule has 4 rings (SSSR count). The second-order valence-corrected chi connectivity index (χ2v) is 10.3. The highest BCUT2D eigenvalue weighted by molar-refractivity contribution is 7.89. The third-order valence-electron chi connectivity index (χ3n) is 5.85. The van der Waals surface area contributed by atoms with Crippen LogP contribution in [0, 0.1) is 6.92 Å².